The van der Waals surface area contributed by atoms with E-state index in [-0.39, 0.29) is 17.0 Å². The minimum Gasteiger partial charge on any atom is -0.489 e. The third-order valence-corrected chi connectivity index (χ3v) is 6.44. The second-order valence-corrected chi connectivity index (χ2v) is 9.75. The van der Waals surface area contributed by atoms with E-state index in [0.717, 1.165) is 11.8 Å². The molecule has 0 aliphatic carbocycles. The molecule has 0 radical (unpaired) electrons. The van der Waals surface area contributed by atoms with Gasteiger partial charge in [-0.15, -0.1) is 0 Å². The van der Waals surface area contributed by atoms with Gasteiger partial charge in [0.25, 0.3) is 0 Å². The van der Waals surface area contributed by atoms with Gasteiger partial charge in [0, 0.05) is 48.8 Å². The summed E-state index contributed by atoms with van der Waals surface area (Å²) in [7, 11) is -3.37. The number of halogens is 2. The number of piperidine rings is 1. The van der Waals surface area contributed by atoms with E-state index in [0.29, 0.717) is 48.3 Å². The van der Waals surface area contributed by atoms with E-state index in [2.05, 4.69) is 5.32 Å². The lowest BCUT2D eigenvalue weighted by molar-refractivity contribution is 0.108. The van der Waals surface area contributed by atoms with Gasteiger partial charge in [0.05, 0.1) is 0 Å². The molecule has 0 aromatic heterocycles. The third kappa shape index (κ3) is 5.78. The summed E-state index contributed by atoms with van der Waals surface area (Å²) < 4.78 is 29.8. The van der Waals surface area contributed by atoms with Crippen LogP contribution in [0.1, 0.15) is 18.4 Å². The molecular formula is C20H22Cl2N2O4S. The molecule has 1 heterocycles. The molecule has 0 bridgehead atoms. The van der Waals surface area contributed by atoms with Crippen LogP contribution in [0.4, 0.5) is 4.79 Å². The van der Waals surface area contributed by atoms with Crippen molar-refractivity contribution in [2.45, 2.75) is 30.4 Å². The highest BCUT2D eigenvalue weighted by Gasteiger charge is 2.25. The van der Waals surface area contributed by atoms with Crippen LogP contribution in [-0.4, -0.2) is 44.8 Å². The van der Waals surface area contributed by atoms with Crippen LogP contribution in [-0.2, 0) is 16.4 Å². The van der Waals surface area contributed by atoms with Gasteiger partial charge in [-0.05, 0) is 29.8 Å². The van der Waals surface area contributed by atoms with Crippen molar-refractivity contribution in [3.8, 4) is 5.75 Å². The van der Waals surface area contributed by atoms with Crippen molar-refractivity contribution in [1.29, 1.82) is 0 Å². The van der Waals surface area contributed by atoms with Crippen molar-refractivity contribution < 1.29 is 17.9 Å². The first-order valence-electron chi connectivity index (χ1n) is 9.16. The predicted molar refractivity (Wildman–Crippen MR) is 113 cm³/mol. The zero-order chi connectivity index (χ0) is 21.0. The Labute approximate surface area is 180 Å². The van der Waals surface area contributed by atoms with Gasteiger partial charge in [0.1, 0.15) is 16.7 Å². The molecular weight excluding hydrogens is 435 g/mol. The molecule has 6 nitrogen and oxygen atoms in total. The van der Waals surface area contributed by atoms with Gasteiger partial charge >= 0.3 is 6.03 Å². The number of rotatable bonds is 5. The molecule has 156 valence electrons. The van der Waals surface area contributed by atoms with Crippen LogP contribution in [0, 0.1) is 0 Å². The van der Waals surface area contributed by atoms with E-state index >= 15 is 0 Å². The molecule has 1 N–H and O–H groups in total. The first-order chi connectivity index (χ1) is 13.7. The molecule has 1 fully saturated rings. The highest BCUT2D eigenvalue weighted by Crippen LogP contribution is 2.27. The van der Waals surface area contributed by atoms with Gasteiger partial charge in [0.2, 0.25) is 0 Å². The van der Waals surface area contributed by atoms with Crippen molar-refractivity contribution in [3.63, 3.8) is 0 Å². The molecule has 2 aromatic carbocycles. The van der Waals surface area contributed by atoms with Crippen molar-refractivity contribution >= 4 is 39.1 Å². The molecule has 2 amide bonds. The van der Waals surface area contributed by atoms with Crippen LogP contribution in [0.5, 0.6) is 5.75 Å². The highest BCUT2D eigenvalue weighted by molar-refractivity contribution is 7.90. The van der Waals surface area contributed by atoms with Crippen LogP contribution in [0.2, 0.25) is 10.0 Å². The molecule has 1 aliphatic rings. The molecule has 2 aromatic rings. The predicted octanol–water partition coefficient (Wildman–Crippen LogP) is 4.15. The van der Waals surface area contributed by atoms with Crippen LogP contribution < -0.4 is 10.1 Å². The maximum absolute atomic E-state index is 12.4. The van der Waals surface area contributed by atoms with Gasteiger partial charge in [0.15, 0.2) is 9.84 Å². The minimum absolute atomic E-state index is 0.146. The van der Waals surface area contributed by atoms with Gasteiger partial charge in [-0.25, -0.2) is 13.2 Å². The Morgan fingerprint density at radius 1 is 1.17 bits per heavy atom. The van der Waals surface area contributed by atoms with Crippen molar-refractivity contribution in [1.82, 2.24) is 10.2 Å². The molecule has 0 saturated carbocycles. The summed E-state index contributed by atoms with van der Waals surface area (Å²) in [4.78, 5) is 14.3. The van der Waals surface area contributed by atoms with E-state index in [1.165, 1.54) is 6.07 Å². The molecule has 29 heavy (non-hydrogen) atoms. The van der Waals surface area contributed by atoms with Crippen molar-refractivity contribution in [2.75, 3.05) is 19.3 Å². The number of sulfone groups is 1. The topological polar surface area (TPSA) is 75.7 Å². The van der Waals surface area contributed by atoms with E-state index in [1.54, 1.807) is 41.3 Å². The molecule has 1 aliphatic heterocycles. The maximum Gasteiger partial charge on any atom is 0.317 e. The lowest BCUT2D eigenvalue weighted by atomic mass is 10.1. The fraction of sp³-hybridized carbons (Fsp3) is 0.350. The Bertz CT molecular complexity index is 990. The Morgan fingerprint density at radius 2 is 1.86 bits per heavy atom. The van der Waals surface area contributed by atoms with Gasteiger partial charge < -0.3 is 15.0 Å². The summed E-state index contributed by atoms with van der Waals surface area (Å²) >= 11 is 12.0. The second-order valence-electron chi connectivity index (χ2n) is 6.92. The van der Waals surface area contributed by atoms with Crippen LogP contribution in [0.3, 0.4) is 0 Å². The number of nitrogens with zero attached hydrogens (tertiary/aromatic N) is 1. The first kappa shape index (κ1) is 21.7. The largest absolute Gasteiger partial charge is 0.489 e. The van der Waals surface area contributed by atoms with Crippen molar-refractivity contribution in [2.24, 2.45) is 0 Å². The van der Waals surface area contributed by atoms with Gasteiger partial charge in [-0.1, -0.05) is 41.4 Å². The SMILES string of the molecule is CS(=O)(=O)c1ccccc1OC1CCN(C(=O)NCc2ccc(Cl)cc2Cl)CC1. The maximum atomic E-state index is 12.4. The number of carbonyl (C=O) groups excluding carboxylic acids is 1. The van der Waals surface area contributed by atoms with E-state index in [4.69, 9.17) is 27.9 Å². The summed E-state index contributed by atoms with van der Waals surface area (Å²) in [5, 5.41) is 3.92. The number of benzene rings is 2. The normalized spacial score (nSPS) is 15.2. The quantitative estimate of drug-likeness (QED) is 0.732. The number of hydrogen-bond acceptors (Lipinski definition) is 4. The summed E-state index contributed by atoms with van der Waals surface area (Å²) in [6.45, 7) is 1.35. The lowest BCUT2D eigenvalue weighted by Crippen LogP contribution is -2.46. The van der Waals surface area contributed by atoms with Gasteiger partial charge in [-0.3, -0.25) is 0 Å². The molecule has 0 spiro atoms. The fourth-order valence-corrected chi connectivity index (χ4v) is 4.44. The molecule has 0 unspecified atom stereocenters. The molecule has 9 heteroatoms. The Balaban J connectivity index is 1.52. The number of hydrogen-bond donors (Lipinski definition) is 1. The van der Waals surface area contributed by atoms with E-state index in [1.807, 2.05) is 0 Å². The number of amides is 2. The molecule has 0 atom stereocenters. The Kier molecular flexibility index (Phi) is 6.93. The fourth-order valence-electron chi connectivity index (χ4n) is 3.16. The van der Waals surface area contributed by atoms with Crippen LogP contribution >= 0.6 is 23.2 Å². The third-order valence-electron chi connectivity index (χ3n) is 4.72. The number of urea groups is 1. The lowest BCUT2D eigenvalue weighted by Gasteiger charge is -2.32. The zero-order valence-corrected chi connectivity index (χ0v) is 18.2. The van der Waals surface area contributed by atoms with E-state index < -0.39 is 9.84 Å². The van der Waals surface area contributed by atoms with Crippen LogP contribution in [0.25, 0.3) is 0 Å². The standard InChI is InChI=1S/C20H22Cl2N2O4S/c1-29(26,27)19-5-3-2-4-18(19)28-16-8-10-24(11-9-16)20(25)23-13-14-6-7-15(21)12-17(14)22/h2-7,12,16H,8-11,13H2,1H3,(H,23,25). The highest BCUT2D eigenvalue weighted by atomic mass is 35.5. The summed E-state index contributed by atoms with van der Waals surface area (Å²) in [5.41, 5.74) is 0.792. The van der Waals surface area contributed by atoms with Crippen LogP contribution in [0.15, 0.2) is 47.4 Å². The van der Waals surface area contributed by atoms with Crippen molar-refractivity contribution in [3.05, 3.63) is 58.1 Å². The smallest absolute Gasteiger partial charge is 0.317 e. The second kappa shape index (κ2) is 9.24. The summed E-state index contributed by atoms with van der Waals surface area (Å²) in [5.74, 6) is 0.357. The number of para-hydroxylation sites is 1. The number of ether oxygens (including phenoxy) is 1. The number of likely N-dealkylation sites (tertiary alicyclic amines) is 1. The molecule has 1 saturated heterocycles. The molecule has 3 rings (SSSR count). The summed E-state index contributed by atoms with van der Waals surface area (Å²) in [6.07, 6.45) is 2.25. The van der Waals surface area contributed by atoms with E-state index in [9.17, 15) is 13.2 Å². The number of nitrogens with one attached hydrogen (secondary N) is 1. The average Bonchev–Trinajstić information content (AvgIpc) is 2.67. The monoisotopic (exact) mass is 456 g/mol. The average molecular weight is 457 g/mol. The Hall–Kier alpha value is -1.96. The minimum atomic E-state index is -3.37. The Morgan fingerprint density at radius 3 is 2.52 bits per heavy atom. The van der Waals surface area contributed by atoms with Gasteiger partial charge in [-0.2, -0.15) is 0 Å². The first-order valence-corrected chi connectivity index (χ1v) is 11.8. The zero-order valence-electron chi connectivity index (χ0n) is 15.9. The summed E-state index contributed by atoms with van der Waals surface area (Å²) in [6, 6.07) is 11.6. The number of carbonyl (C=O) groups is 1.